The number of unbranched alkanes of at least 4 members (excludes halogenated alkanes) is 29. The number of aliphatic hydroxyl groups excluding tert-OH is 2. The molecule has 11 heteroatoms. The van der Waals surface area contributed by atoms with Crippen molar-refractivity contribution < 1.29 is 47.8 Å². The fraction of sp³-hybridized carbons (Fsp3) is 0.913. The van der Waals surface area contributed by atoms with Crippen LogP contribution < -0.4 is 0 Å². The standard InChI is InChI=1S/C46H89O10P/c1-3-5-7-9-11-13-15-17-18-19-20-21-22-23-24-26-28-30-32-34-36-38-46(50)56-44(42-55-57(51,52)54-40-43(48)39-47)41-53-45(49)37-35-33-31-29-27-25-16-14-12-10-8-6-4-2/h17-18,43-44,47-48H,3-16,19-42H2,1-2H3,(H,51,52)/b18-17+/t43-,44+/m0/s1. The Balaban J connectivity index is 4.17. The van der Waals surface area contributed by atoms with E-state index in [4.69, 9.17) is 23.6 Å². The molecule has 0 amide bonds. The average molecular weight is 833 g/mol. The smallest absolute Gasteiger partial charge is 0.462 e. The van der Waals surface area contributed by atoms with Gasteiger partial charge in [0, 0.05) is 12.8 Å². The van der Waals surface area contributed by atoms with E-state index in [1.165, 1.54) is 154 Å². The maximum absolute atomic E-state index is 12.6. The van der Waals surface area contributed by atoms with Gasteiger partial charge in [-0.3, -0.25) is 18.6 Å². The van der Waals surface area contributed by atoms with Crippen molar-refractivity contribution in [1.82, 2.24) is 0 Å². The third-order valence-corrected chi connectivity index (χ3v) is 11.4. The van der Waals surface area contributed by atoms with Crippen LogP contribution in [0.3, 0.4) is 0 Å². The van der Waals surface area contributed by atoms with Gasteiger partial charge in [-0.1, -0.05) is 193 Å². The molecule has 0 fully saturated rings. The molecule has 1 unspecified atom stereocenters. The van der Waals surface area contributed by atoms with Crippen molar-refractivity contribution in [3.63, 3.8) is 0 Å². The van der Waals surface area contributed by atoms with E-state index >= 15 is 0 Å². The molecule has 0 radical (unpaired) electrons. The number of esters is 2. The topological polar surface area (TPSA) is 149 Å². The van der Waals surface area contributed by atoms with Gasteiger partial charge in [0.2, 0.25) is 0 Å². The fourth-order valence-corrected chi connectivity index (χ4v) is 7.54. The second kappa shape index (κ2) is 42.8. The van der Waals surface area contributed by atoms with Crippen molar-refractivity contribution in [3.05, 3.63) is 12.2 Å². The Hall–Kier alpha value is -1.29. The summed E-state index contributed by atoms with van der Waals surface area (Å²) in [4.78, 5) is 35.0. The Bertz CT molecular complexity index is 961. The SMILES string of the molecule is CCCCCCCC/C=C/CCCCCCCCCCCCCC(=O)O[C@H](COC(=O)CCCCCCCCCCCCCCC)COP(=O)(O)OC[C@@H](O)CO. The molecule has 0 aromatic heterocycles. The lowest BCUT2D eigenvalue weighted by Crippen LogP contribution is -2.29. The van der Waals surface area contributed by atoms with Crippen LogP contribution in [0.5, 0.6) is 0 Å². The van der Waals surface area contributed by atoms with Gasteiger partial charge in [0.15, 0.2) is 6.10 Å². The van der Waals surface area contributed by atoms with Crippen LogP contribution in [0.15, 0.2) is 12.2 Å². The molecule has 3 N–H and O–H groups in total. The van der Waals surface area contributed by atoms with Crippen molar-refractivity contribution in [1.29, 1.82) is 0 Å². The van der Waals surface area contributed by atoms with Gasteiger partial charge in [-0.05, 0) is 38.5 Å². The predicted octanol–water partition coefficient (Wildman–Crippen LogP) is 12.8. The predicted molar refractivity (Wildman–Crippen MR) is 233 cm³/mol. The van der Waals surface area contributed by atoms with Crippen molar-refractivity contribution in [2.75, 3.05) is 26.4 Å². The molecule has 0 aliphatic heterocycles. The van der Waals surface area contributed by atoms with E-state index in [1.54, 1.807) is 0 Å². The Labute approximate surface area is 349 Å². The minimum Gasteiger partial charge on any atom is -0.462 e. The minimum atomic E-state index is -4.61. The number of carbonyl (C=O) groups is 2. The molecule has 0 saturated heterocycles. The van der Waals surface area contributed by atoms with Crippen LogP contribution in [0.25, 0.3) is 0 Å². The lowest BCUT2D eigenvalue weighted by atomic mass is 10.0. The van der Waals surface area contributed by atoms with E-state index < -0.39 is 51.8 Å². The van der Waals surface area contributed by atoms with E-state index in [0.717, 1.165) is 38.5 Å². The van der Waals surface area contributed by atoms with Crippen molar-refractivity contribution >= 4 is 19.8 Å². The van der Waals surface area contributed by atoms with Crippen LogP contribution in [0, 0.1) is 0 Å². The molecule has 0 saturated carbocycles. The highest BCUT2D eigenvalue weighted by Gasteiger charge is 2.27. The molecule has 338 valence electrons. The molecule has 0 aliphatic carbocycles. The van der Waals surface area contributed by atoms with Crippen molar-refractivity contribution in [2.45, 2.75) is 244 Å². The molecule has 0 aromatic rings. The van der Waals surface area contributed by atoms with Crippen molar-refractivity contribution in [2.24, 2.45) is 0 Å². The molecule has 0 rings (SSSR count). The zero-order valence-electron chi connectivity index (χ0n) is 36.8. The third-order valence-electron chi connectivity index (χ3n) is 10.4. The van der Waals surface area contributed by atoms with E-state index in [9.17, 15) is 24.2 Å². The van der Waals surface area contributed by atoms with E-state index in [0.29, 0.717) is 12.8 Å². The summed E-state index contributed by atoms with van der Waals surface area (Å²) in [6.45, 7) is 2.41. The van der Waals surface area contributed by atoms with Gasteiger partial charge in [0.25, 0.3) is 0 Å². The molecule has 0 bridgehead atoms. The summed E-state index contributed by atoms with van der Waals surface area (Å²) in [5.41, 5.74) is 0. The summed E-state index contributed by atoms with van der Waals surface area (Å²) < 4.78 is 32.8. The van der Waals surface area contributed by atoms with Crippen LogP contribution in [-0.4, -0.2) is 65.7 Å². The van der Waals surface area contributed by atoms with E-state index in [-0.39, 0.29) is 19.4 Å². The first-order chi connectivity index (χ1) is 27.7. The number of ether oxygens (including phenoxy) is 2. The first-order valence-corrected chi connectivity index (χ1v) is 25.1. The first kappa shape index (κ1) is 55.7. The monoisotopic (exact) mass is 833 g/mol. The zero-order valence-corrected chi connectivity index (χ0v) is 37.7. The third kappa shape index (κ3) is 42.6. The molecular weight excluding hydrogens is 743 g/mol. The number of phosphoric acid groups is 1. The van der Waals surface area contributed by atoms with Crippen molar-refractivity contribution in [3.8, 4) is 0 Å². The summed E-state index contributed by atoms with van der Waals surface area (Å²) in [5, 5.41) is 18.4. The lowest BCUT2D eigenvalue weighted by molar-refractivity contribution is -0.161. The lowest BCUT2D eigenvalue weighted by Gasteiger charge is -2.20. The van der Waals surface area contributed by atoms with E-state index in [1.807, 2.05) is 0 Å². The summed E-state index contributed by atoms with van der Waals surface area (Å²) in [6, 6.07) is 0. The first-order valence-electron chi connectivity index (χ1n) is 23.6. The molecule has 10 nitrogen and oxygen atoms in total. The minimum absolute atomic E-state index is 0.188. The fourth-order valence-electron chi connectivity index (χ4n) is 6.75. The number of phosphoric ester groups is 1. The van der Waals surface area contributed by atoms with Crippen LogP contribution in [0.4, 0.5) is 0 Å². The summed E-state index contributed by atoms with van der Waals surface area (Å²) >= 11 is 0. The second-order valence-electron chi connectivity index (χ2n) is 16.1. The summed E-state index contributed by atoms with van der Waals surface area (Å²) in [5.74, 6) is -0.913. The van der Waals surface area contributed by atoms with Gasteiger partial charge in [0.1, 0.15) is 12.7 Å². The Morgan fingerprint density at radius 2 is 0.860 bits per heavy atom. The largest absolute Gasteiger partial charge is 0.472 e. The Kier molecular flexibility index (Phi) is 41.9. The highest BCUT2D eigenvalue weighted by Crippen LogP contribution is 2.43. The molecule has 3 atom stereocenters. The number of hydrogen-bond donors (Lipinski definition) is 3. The highest BCUT2D eigenvalue weighted by atomic mass is 31.2. The van der Waals surface area contributed by atoms with Gasteiger partial charge in [-0.2, -0.15) is 0 Å². The maximum Gasteiger partial charge on any atom is 0.472 e. The molecule has 0 heterocycles. The summed E-state index contributed by atoms with van der Waals surface area (Å²) in [7, 11) is -4.61. The Morgan fingerprint density at radius 1 is 0.509 bits per heavy atom. The molecule has 0 aliphatic rings. The normalized spacial score (nSPS) is 13.8. The van der Waals surface area contributed by atoms with Gasteiger partial charge < -0.3 is 24.6 Å². The van der Waals surface area contributed by atoms with Gasteiger partial charge in [-0.15, -0.1) is 0 Å². The van der Waals surface area contributed by atoms with Crippen LogP contribution in [0.2, 0.25) is 0 Å². The number of aliphatic hydroxyl groups is 2. The highest BCUT2D eigenvalue weighted by molar-refractivity contribution is 7.47. The van der Waals surface area contributed by atoms with Gasteiger partial charge in [0.05, 0.1) is 19.8 Å². The molecular formula is C46H89O10P. The van der Waals surface area contributed by atoms with Crippen LogP contribution in [-0.2, 0) is 32.7 Å². The molecule has 0 spiro atoms. The molecule has 0 aromatic carbocycles. The van der Waals surface area contributed by atoms with Gasteiger partial charge in [-0.25, -0.2) is 4.57 Å². The quantitative estimate of drug-likeness (QED) is 0.0234. The number of carbonyl (C=O) groups excluding carboxylic acids is 2. The van der Waals surface area contributed by atoms with Gasteiger partial charge >= 0.3 is 19.8 Å². The Morgan fingerprint density at radius 3 is 1.26 bits per heavy atom. The van der Waals surface area contributed by atoms with Crippen LogP contribution >= 0.6 is 7.82 Å². The summed E-state index contributed by atoms with van der Waals surface area (Å²) in [6.07, 6.45) is 41.8. The maximum atomic E-state index is 12.6. The molecule has 57 heavy (non-hydrogen) atoms. The zero-order chi connectivity index (χ0) is 41.9. The van der Waals surface area contributed by atoms with E-state index in [2.05, 4.69) is 26.0 Å². The average Bonchev–Trinajstić information content (AvgIpc) is 3.20. The number of allylic oxidation sites excluding steroid dienone is 2. The number of rotatable bonds is 45. The van der Waals surface area contributed by atoms with Crippen LogP contribution in [0.1, 0.15) is 232 Å². The number of hydrogen-bond acceptors (Lipinski definition) is 9. The second-order valence-corrected chi connectivity index (χ2v) is 17.6.